The van der Waals surface area contributed by atoms with E-state index in [1.807, 2.05) is 26.0 Å². The second kappa shape index (κ2) is 5.54. The second-order valence-electron chi connectivity index (χ2n) is 5.46. The molecule has 0 radical (unpaired) electrons. The van der Waals surface area contributed by atoms with Crippen molar-refractivity contribution in [3.05, 3.63) is 27.7 Å². The molecular weight excluding hydrogens is 326 g/mol. The Kier molecular flexibility index (Phi) is 4.38. The Morgan fingerprint density at radius 3 is 2.11 bits per heavy atom. The summed E-state index contributed by atoms with van der Waals surface area (Å²) >= 11 is 3.41. The first-order valence-corrected chi connectivity index (χ1v) is 8.82. The highest BCUT2D eigenvalue weighted by Gasteiger charge is 2.30. The van der Waals surface area contributed by atoms with Crippen molar-refractivity contribution in [3.8, 4) is 0 Å². The van der Waals surface area contributed by atoms with E-state index in [0.29, 0.717) is 23.9 Å². The zero-order valence-electron chi connectivity index (χ0n) is 11.6. The van der Waals surface area contributed by atoms with Crippen molar-refractivity contribution in [2.24, 2.45) is 5.92 Å². The van der Waals surface area contributed by atoms with Crippen LogP contribution in [-0.4, -0.2) is 25.8 Å². The molecule has 0 bridgehead atoms. The fourth-order valence-corrected chi connectivity index (χ4v) is 5.23. The number of aryl methyl sites for hydroxylation is 2. The summed E-state index contributed by atoms with van der Waals surface area (Å²) in [5.41, 5.74) is 1.62. The molecule has 1 saturated heterocycles. The zero-order chi connectivity index (χ0) is 14.2. The van der Waals surface area contributed by atoms with Crippen LogP contribution in [0.3, 0.4) is 0 Å². The maximum absolute atomic E-state index is 12.8. The van der Waals surface area contributed by atoms with E-state index < -0.39 is 10.0 Å². The number of sulfonamides is 1. The smallest absolute Gasteiger partial charge is 0.207 e. The molecule has 0 aromatic heterocycles. The zero-order valence-corrected chi connectivity index (χ0v) is 14.0. The van der Waals surface area contributed by atoms with Crippen LogP contribution in [0.15, 0.2) is 21.5 Å². The molecule has 1 aliphatic rings. The minimum absolute atomic E-state index is 0.477. The fourth-order valence-electron chi connectivity index (χ4n) is 2.66. The monoisotopic (exact) mass is 345 g/mol. The van der Waals surface area contributed by atoms with Gasteiger partial charge in [-0.2, -0.15) is 4.31 Å². The molecule has 0 amide bonds. The Balaban J connectivity index is 2.40. The van der Waals surface area contributed by atoms with Gasteiger partial charge in [0.25, 0.3) is 0 Å². The molecule has 0 saturated carbocycles. The Morgan fingerprint density at radius 2 is 1.63 bits per heavy atom. The first-order valence-electron chi connectivity index (χ1n) is 6.59. The van der Waals surface area contributed by atoms with Crippen molar-refractivity contribution in [2.75, 3.05) is 13.1 Å². The number of benzene rings is 1. The maximum Gasteiger partial charge on any atom is 0.243 e. The third kappa shape index (κ3) is 3.03. The number of hydrogen-bond donors (Lipinski definition) is 0. The van der Waals surface area contributed by atoms with Gasteiger partial charge in [-0.3, -0.25) is 0 Å². The molecule has 1 heterocycles. The summed E-state index contributed by atoms with van der Waals surface area (Å²) in [4.78, 5) is 0.477. The molecule has 0 atom stereocenters. The largest absolute Gasteiger partial charge is 0.243 e. The van der Waals surface area contributed by atoms with Gasteiger partial charge in [0.05, 0.1) is 4.90 Å². The van der Waals surface area contributed by atoms with Crippen LogP contribution in [0.25, 0.3) is 0 Å². The minimum atomic E-state index is -3.35. The highest BCUT2D eigenvalue weighted by Crippen LogP contribution is 2.29. The van der Waals surface area contributed by atoms with Gasteiger partial charge < -0.3 is 0 Å². The molecule has 1 aromatic carbocycles. The number of piperidine rings is 1. The van der Waals surface area contributed by atoms with E-state index in [-0.39, 0.29) is 0 Å². The Hall–Kier alpha value is -0.390. The molecule has 1 fully saturated rings. The summed E-state index contributed by atoms with van der Waals surface area (Å²) in [5.74, 6) is 0.624. The number of rotatable bonds is 2. The Labute approximate surface area is 124 Å². The first kappa shape index (κ1) is 15.0. The van der Waals surface area contributed by atoms with E-state index in [0.717, 1.165) is 28.4 Å². The average Bonchev–Trinajstić information content (AvgIpc) is 2.27. The predicted molar refractivity (Wildman–Crippen MR) is 80.8 cm³/mol. The van der Waals surface area contributed by atoms with Gasteiger partial charge in [-0.05, 0) is 55.9 Å². The highest BCUT2D eigenvalue weighted by molar-refractivity contribution is 9.10. The van der Waals surface area contributed by atoms with Gasteiger partial charge in [-0.15, -0.1) is 0 Å². The first-order chi connectivity index (χ1) is 8.82. The molecule has 0 aliphatic carbocycles. The van der Waals surface area contributed by atoms with Gasteiger partial charge in [0.1, 0.15) is 0 Å². The summed E-state index contributed by atoms with van der Waals surface area (Å²) in [6.07, 6.45) is 1.90. The lowest BCUT2D eigenvalue weighted by Crippen LogP contribution is -2.38. The summed E-state index contributed by atoms with van der Waals surface area (Å²) in [7, 11) is -3.35. The summed E-state index contributed by atoms with van der Waals surface area (Å²) in [6.45, 7) is 7.17. The number of halogens is 1. The van der Waals surface area contributed by atoms with Crippen molar-refractivity contribution >= 4 is 26.0 Å². The van der Waals surface area contributed by atoms with E-state index in [4.69, 9.17) is 0 Å². The van der Waals surface area contributed by atoms with Gasteiger partial charge >= 0.3 is 0 Å². The predicted octanol–water partition coefficient (Wildman–Crippen LogP) is 3.49. The molecule has 19 heavy (non-hydrogen) atoms. The van der Waals surface area contributed by atoms with Crippen molar-refractivity contribution in [2.45, 2.75) is 38.5 Å². The topological polar surface area (TPSA) is 37.4 Å². The lowest BCUT2D eigenvalue weighted by Gasteiger charge is -2.30. The van der Waals surface area contributed by atoms with E-state index >= 15 is 0 Å². The van der Waals surface area contributed by atoms with Crippen LogP contribution >= 0.6 is 15.9 Å². The normalized spacial score (nSPS) is 18.7. The van der Waals surface area contributed by atoms with E-state index in [1.165, 1.54) is 0 Å². The lowest BCUT2D eigenvalue weighted by atomic mass is 10.0. The van der Waals surface area contributed by atoms with Crippen LogP contribution < -0.4 is 0 Å². The molecule has 5 heteroatoms. The second-order valence-corrected chi connectivity index (χ2v) is 8.25. The fraction of sp³-hybridized carbons (Fsp3) is 0.571. The Bertz CT molecular complexity index is 552. The molecular formula is C14H20BrNO2S. The lowest BCUT2D eigenvalue weighted by molar-refractivity contribution is 0.288. The van der Waals surface area contributed by atoms with Crippen LogP contribution in [0, 0.1) is 19.8 Å². The van der Waals surface area contributed by atoms with Gasteiger partial charge in [-0.1, -0.05) is 22.9 Å². The number of hydrogen-bond acceptors (Lipinski definition) is 2. The van der Waals surface area contributed by atoms with Crippen LogP contribution in [-0.2, 0) is 10.0 Å². The van der Waals surface area contributed by atoms with Gasteiger partial charge in [-0.25, -0.2) is 8.42 Å². The molecule has 1 aromatic rings. The highest BCUT2D eigenvalue weighted by atomic mass is 79.9. The average molecular weight is 346 g/mol. The standard InChI is InChI=1S/C14H20BrNO2S/c1-10-4-6-16(7-5-10)19(17,18)14-11(2)8-13(15)9-12(14)3/h8-10H,4-7H2,1-3H3. The molecule has 0 spiro atoms. The van der Waals surface area contributed by atoms with Crippen molar-refractivity contribution in [1.29, 1.82) is 0 Å². The van der Waals surface area contributed by atoms with Crippen LogP contribution in [0.5, 0.6) is 0 Å². The van der Waals surface area contributed by atoms with E-state index in [9.17, 15) is 8.42 Å². The number of nitrogens with zero attached hydrogens (tertiary/aromatic N) is 1. The Morgan fingerprint density at radius 1 is 1.16 bits per heavy atom. The molecule has 2 rings (SSSR count). The van der Waals surface area contributed by atoms with Crippen LogP contribution in [0.2, 0.25) is 0 Å². The van der Waals surface area contributed by atoms with Crippen molar-refractivity contribution < 1.29 is 8.42 Å². The molecule has 3 nitrogen and oxygen atoms in total. The van der Waals surface area contributed by atoms with Crippen LogP contribution in [0.4, 0.5) is 0 Å². The van der Waals surface area contributed by atoms with Crippen molar-refractivity contribution in [1.82, 2.24) is 4.31 Å². The molecule has 0 unspecified atom stereocenters. The quantitative estimate of drug-likeness (QED) is 0.822. The molecule has 106 valence electrons. The van der Waals surface area contributed by atoms with Crippen molar-refractivity contribution in [3.63, 3.8) is 0 Å². The van der Waals surface area contributed by atoms with Crippen LogP contribution in [0.1, 0.15) is 30.9 Å². The third-order valence-corrected chi connectivity index (χ3v) is 6.43. The summed E-state index contributed by atoms with van der Waals surface area (Å²) in [5, 5.41) is 0. The SMILES string of the molecule is Cc1cc(Br)cc(C)c1S(=O)(=O)N1CCC(C)CC1. The summed E-state index contributed by atoms with van der Waals surface area (Å²) in [6, 6.07) is 3.74. The molecule has 0 N–H and O–H groups in total. The van der Waals surface area contributed by atoms with E-state index in [1.54, 1.807) is 4.31 Å². The molecule has 1 aliphatic heterocycles. The van der Waals surface area contributed by atoms with Gasteiger partial charge in [0, 0.05) is 17.6 Å². The van der Waals surface area contributed by atoms with Gasteiger partial charge in [0.2, 0.25) is 10.0 Å². The van der Waals surface area contributed by atoms with Gasteiger partial charge in [0.15, 0.2) is 0 Å². The minimum Gasteiger partial charge on any atom is -0.207 e. The maximum atomic E-state index is 12.8. The van der Waals surface area contributed by atoms with E-state index in [2.05, 4.69) is 22.9 Å². The summed E-state index contributed by atoms with van der Waals surface area (Å²) < 4.78 is 28.1. The third-order valence-electron chi connectivity index (χ3n) is 3.77.